The Bertz CT molecular complexity index is 1240. The highest BCUT2D eigenvalue weighted by atomic mass is 32.1. The molecule has 1 saturated heterocycles. The molecule has 0 radical (unpaired) electrons. The lowest BCUT2D eigenvalue weighted by Gasteiger charge is -2.43. The monoisotopic (exact) mass is 497 g/mol. The summed E-state index contributed by atoms with van der Waals surface area (Å²) in [4.78, 5) is 23.9. The number of benzene rings is 1. The summed E-state index contributed by atoms with van der Waals surface area (Å²) in [5.74, 6) is 0. The van der Waals surface area contributed by atoms with Crippen LogP contribution in [-0.2, 0) is 17.3 Å². The maximum Gasteiger partial charge on any atom is 0.416 e. The summed E-state index contributed by atoms with van der Waals surface area (Å²) in [6.45, 7) is 3.95. The molecule has 2 atom stereocenters. The highest BCUT2D eigenvalue weighted by Crippen LogP contribution is 2.44. The number of aromatic nitrogens is 2. The van der Waals surface area contributed by atoms with Gasteiger partial charge in [-0.3, -0.25) is 5.32 Å². The fourth-order valence-corrected chi connectivity index (χ4v) is 5.14. The average Bonchev–Trinajstić information content (AvgIpc) is 3.33. The fourth-order valence-electron chi connectivity index (χ4n) is 4.07. The molecular weight excluding hydrogens is 475 g/mol. The van der Waals surface area contributed by atoms with E-state index in [2.05, 4.69) is 20.6 Å². The highest BCUT2D eigenvalue weighted by Gasteiger charge is 2.43. The molecule has 5 rings (SSSR count). The van der Waals surface area contributed by atoms with Crippen molar-refractivity contribution in [1.29, 1.82) is 0 Å². The normalized spacial score (nSPS) is 20.4. The maximum atomic E-state index is 13.1. The topological polar surface area (TPSA) is 113 Å². The zero-order valence-corrected chi connectivity index (χ0v) is 19.1. The highest BCUT2D eigenvalue weighted by molar-refractivity contribution is 7.16. The van der Waals surface area contributed by atoms with Gasteiger partial charge in [0.25, 0.3) is 6.01 Å². The van der Waals surface area contributed by atoms with Gasteiger partial charge in [-0.2, -0.15) is 18.2 Å². The molecule has 1 fully saturated rings. The second-order valence-corrected chi connectivity index (χ2v) is 9.98. The third kappa shape index (κ3) is 4.42. The molecule has 182 valence electrons. The first kappa shape index (κ1) is 22.9. The molecule has 0 aliphatic carbocycles. The first-order chi connectivity index (χ1) is 16.0. The molecule has 13 heteroatoms. The van der Waals surface area contributed by atoms with Gasteiger partial charge in [0.05, 0.1) is 47.0 Å². The van der Waals surface area contributed by atoms with Gasteiger partial charge >= 0.3 is 12.2 Å². The predicted octanol–water partition coefficient (Wildman–Crippen LogP) is 3.70. The van der Waals surface area contributed by atoms with Gasteiger partial charge in [0, 0.05) is 13.0 Å². The van der Waals surface area contributed by atoms with Crippen molar-refractivity contribution in [1.82, 2.24) is 15.3 Å². The quantitative estimate of drug-likeness (QED) is 0.504. The minimum atomic E-state index is -4.47. The van der Waals surface area contributed by atoms with Crippen molar-refractivity contribution in [2.24, 2.45) is 0 Å². The van der Waals surface area contributed by atoms with E-state index in [1.165, 1.54) is 17.4 Å². The number of hydrogen-bond acceptors (Lipinski definition) is 8. The van der Waals surface area contributed by atoms with Crippen LogP contribution in [0, 0.1) is 0 Å². The number of carbonyl (C=O) groups is 1. The van der Waals surface area contributed by atoms with Crippen LogP contribution >= 0.6 is 11.3 Å². The number of halogens is 3. The van der Waals surface area contributed by atoms with Crippen molar-refractivity contribution < 1.29 is 32.2 Å². The second-order valence-electron chi connectivity index (χ2n) is 8.95. The van der Waals surface area contributed by atoms with Crippen LogP contribution in [0.15, 0.2) is 22.6 Å². The number of carbonyl (C=O) groups excluding carboxylic acids is 1. The summed E-state index contributed by atoms with van der Waals surface area (Å²) >= 11 is 1.29. The van der Waals surface area contributed by atoms with E-state index < -0.39 is 23.4 Å². The smallest absolute Gasteiger partial charge is 0.416 e. The zero-order valence-electron chi connectivity index (χ0n) is 18.3. The molecule has 0 saturated carbocycles. The first-order valence-electron chi connectivity index (χ1n) is 10.6. The Morgan fingerprint density at radius 3 is 2.82 bits per heavy atom. The van der Waals surface area contributed by atoms with E-state index in [0.717, 1.165) is 22.7 Å². The van der Waals surface area contributed by atoms with Crippen LogP contribution in [0.1, 0.15) is 36.0 Å². The molecule has 3 N–H and O–H groups in total. The van der Waals surface area contributed by atoms with Crippen molar-refractivity contribution in [2.45, 2.75) is 44.1 Å². The molecule has 9 nitrogen and oxygen atoms in total. The van der Waals surface area contributed by atoms with Crippen molar-refractivity contribution in [3.63, 3.8) is 0 Å². The Morgan fingerprint density at radius 1 is 1.29 bits per heavy atom. The van der Waals surface area contributed by atoms with Gasteiger partial charge < -0.3 is 24.5 Å². The largest absolute Gasteiger partial charge is 0.423 e. The van der Waals surface area contributed by atoms with Crippen LogP contribution in [0.4, 0.5) is 29.1 Å². The Morgan fingerprint density at radius 2 is 2.09 bits per heavy atom. The van der Waals surface area contributed by atoms with Crippen molar-refractivity contribution in [2.75, 3.05) is 30.0 Å². The molecule has 1 aromatic carbocycles. The summed E-state index contributed by atoms with van der Waals surface area (Å²) in [5, 5.41) is 15.4. The molecule has 2 aliphatic rings. The lowest BCUT2D eigenvalue weighted by atomic mass is 9.97. The number of fused-ring (bicyclic) bond motifs is 5. The molecule has 0 spiro atoms. The number of rotatable bonds is 4. The van der Waals surface area contributed by atoms with Crippen LogP contribution in [0.25, 0.3) is 11.1 Å². The Balaban J connectivity index is 1.40. The molecule has 34 heavy (non-hydrogen) atoms. The Kier molecular flexibility index (Phi) is 5.45. The minimum Gasteiger partial charge on any atom is -0.423 e. The summed E-state index contributed by atoms with van der Waals surface area (Å²) < 4.78 is 50.9. The van der Waals surface area contributed by atoms with Gasteiger partial charge in [0.2, 0.25) is 0 Å². The lowest BCUT2D eigenvalue weighted by Crippen LogP contribution is -2.51. The molecular formula is C21H22F3N5O4S. The van der Waals surface area contributed by atoms with Crippen molar-refractivity contribution in [3.05, 3.63) is 34.3 Å². The predicted molar refractivity (Wildman–Crippen MR) is 118 cm³/mol. The van der Waals surface area contributed by atoms with E-state index in [0.29, 0.717) is 24.8 Å². The van der Waals surface area contributed by atoms with Crippen molar-refractivity contribution >= 4 is 39.6 Å². The van der Waals surface area contributed by atoms with E-state index in [4.69, 9.17) is 9.15 Å². The molecule has 3 aromatic rings. The third-order valence-electron chi connectivity index (χ3n) is 5.60. The van der Waals surface area contributed by atoms with Gasteiger partial charge in [-0.15, -0.1) is 0 Å². The van der Waals surface area contributed by atoms with E-state index in [1.807, 2.05) is 4.90 Å². The van der Waals surface area contributed by atoms with E-state index >= 15 is 0 Å². The van der Waals surface area contributed by atoms with Crippen LogP contribution in [0.3, 0.4) is 0 Å². The van der Waals surface area contributed by atoms with Crippen LogP contribution in [-0.4, -0.2) is 52.5 Å². The number of oxazole rings is 1. The molecule has 0 unspecified atom stereocenters. The number of alkyl halides is 3. The van der Waals surface area contributed by atoms with Gasteiger partial charge in [0.15, 0.2) is 10.7 Å². The van der Waals surface area contributed by atoms with Gasteiger partial charge in [-0.05, 0) is 32.0 Å². The number of urea groups is 1. The van der Waals surface area contributed by atoms with Crippen molar-refractivity contribution in [3.8, 4) is 0 Å². The Labute approximate surface area is 195 Å². The van der Waals surface area contributed by atoms with E-state index in [1.54, 1.807) is 13.8 Å². The number of hydrogen-bond donors (Lipinski definition) is 3. The van der Waals surface area contributed by atoms with Gasteiger partial charge in [0.1, 0.15) is 5.52 Å². The molecule has 4 heterocycles. The number of thiazole rings is 1. The zero-order chi connectivity index (χ0) is 24.3. The van der Waals surface area contributed by atoms with E-state index in [9.17, 15) is 23.1 Å². The third-order valence-corrected chi connectivity index (χ3v) is 6.72. The van der Waals surface area contributed by atoms with E-state index in [-0.39, 0.29) is 35.7 Å². The average molecular weight is 497 g/mol. The molecule has 2 aliphatic heterocycles. The second kappa shape index (κ2) is 8.10. The number of amides is 2. The molecule has 2 bridgehead atoms. The SMILES string of the molecule is CC(C)(O)CNC(=O)Nc1nc2c(s1)[C@@H]1COC[C@H](C2)N1c1nc2cc(C(F)(F)F)ccc2o1. The lowest BCUT2D eigenvalue weighted by molar-refractivity contribution is -0.137. The standard InChI is InChI=1S/C21H22F3N5O4S/c1-20(2,31)9-25-17(30)28-18-26-13-6-11-7-32-8-14(16(13)34-18)29(11)19-27-12-5-10(21(22,23)24)3-4-15(12)33-19/h3-5,11,14,31H,6-9H2,1-2H3,(H2,25,26,28,30)/t11-,14-/m0/s1. The summed E-state index contributed by atoms with van der Waals surface area (Å²) in [5.41, 5.74) is -0.611. The number of aliphatic hydroxyl groups is 1. The first-order valence-corrected chi connectivity index (χ1v) is 11.4. The number of nitrogens with zero attached hydrogens (tertiary/aromatic N) is 3. The number of anilines is 2. The number of ether oxygens (including phenoxy) is 1. The summed E-state index contributed by atoms with van der Waals surface area (Å²) in [7, 11) is 0. The molecule has 2 aromatic heterocycles. The summed E-state index contributed by atoms with van der Waals surface area (Å²) in [6, 6.07) is 2.50. The number of morpholine rings is 1. The van der Waals surface area contributed by atoms with Gasteiger partial charge in [-0.1, -0.05) is 11.3 Å². The summed E-state index contributed by atoms with van der Waals surface area (Å²) in [6.07, 6.45) is -3.97. The number of nitrogens with one attached hydrogen (secondary N) is 2. The minimum absolute atomic E-state index is 0.0734. The maximum absolute atomic E-state index is 13.1. The fraction of sp³-hybridized carbons (Fsp3) is 0.476. The molecule has 2 amide bonds. The van der Waals surface area contributed by atoms with Gasteiger partial charge in [-0.25, -0.2) is 9.78 Å². The van der Waals surface area contributed by atoms with Crippen LogP contribution in [0.2, 0.25) is 0 Å². The van der Waals surface area contributed by atoms with Crippen LogP contribution < -0.4 is 15.5 Å². The van der Waals surface area contributed by atoms with Crippen LogP contribution in [0.5, 0.6) is 0 Å². The Hall–Kier alpha value is -2.90.